The molecule has 2 heterocycles. The molecule has 0 aliphatic carbocycles. The summed E-state index contributed by atoms with van der Waals surface area (Å²) in [4.78, 5) is 5.09. The van der Waals surface area contributed by atoms with Crippen LogP contribution in [0.3, 0.4) is 0 Å². The predicted molar refractivity (Wildman–Crippen MR) is 170 cm³/mol. The topological polar surface area (TPSA) is 17.8 Å². The van der Waals surface area contributed by atoms with Crippen LogP contribution < -0.4 is 0 Å². The van der Waals surface area contributed by atoms with E-state index in [0.29, 0.717) is 0 Å². The molecule has 0 aliphatic heterocycles. The van der Waals surface area contributed by atoms with Crippen LogP contribution in [0.15, 0.2) is 146 Å². The molecule has 0 amide bonds. The van der Waals surface area contributed by atoms with E-state index in [1.54, 1.807) is 0 Å². The summed E-state index contributed by atoms with van der Waals surface area (Å²) in [5, 5.41) is 2.65. The molecule has 0 unspecified atom stereocenters. The van der Waals surface area contributed by atoms with Crippen molar-refractivity contribution in [1.82, 2.24) is 9.55 Å². The lowest BCUT2D eigenvalue weighted by Gasteiger charge is -2.12. The Morgan fingerprint density at radius 3 is 1.98 bits per heavy atom. The standard InChI is InChI=1S/C37H24N2S/c1-2-9-25(10-3-1)26-21-23-29(24-22-26)39-34-15-6-5-14-33(34)38-37(39)28-19-17-27(18-20-28)30-12-8-13-32-31-11-4-7-16-35(31)40-36(30)32/h1-24H. The summed E-state index contributed by atoms with van der Waals surface area (Å²) in [6.45, 7) is 0. The lowest BCUT2D eigenvalue weighted by atomic mass is 10.0. The molecule has 2 nitrogen and oxygen atoms in total. The van der Waals surface area contributed by atoms with E-state index in [4.69, 9.17) is 4.98 Å². The fourth-order valence-electron chi connectivity index (χ4n) is 5.69. The number of aromatic nitrogens is 2. The maximum absolute atomic E-state index is 5.09. The molecule has 0 fully saturated rings. The first-order valence-corrected chi connectivity index (χ1v) is 14.3. The molecule has 3 heteroatoms. The highest BCUT2D eigenvalue weighted by Crippen LogP contribution is 2.40. The second-order valence-electron chi connectivity index (χ2n) is 10.0. The Kier molecular flexibility index (Phi) is 5.35. The maximum Gasteiger partial charge on any atom is 0.145 e. The number of para-hydroxylation sites is 2. The van der Waals surface area contributed by atoms with Crippen LogP contribution >= 0.6 is 11.3 Å². The van der Waals surface area contributed by atoms with E-state index in [-0.39, 0.29) is 0 Å². The fraction of sp³-hybridized carbons (Fsp3) is 0. The number of benzene rings is 6. The summed E-state index contributed by atoms with van der Waals surface area (Å²) in [6.07, 6.45) is 0. The van der Waals surface area contributed by atoms with Gasteiger partial charge in [-0.05, 0) is 52.6 Å². The monoisotopic (exact) mass is 528 g/mol. The highest BCUT2D eigenvalue weighted by molar-refractivity contribution is 7.26. The van der Waals surface area contributed by atoms with E-state index < -0.39 is 0 Å². The number of rotatable bonds is 4. The molecule has 2 aromatic heterocycles. The first-order valence-electron chi connectivity index (χ1n) is 13.5. The molecule has 0 atom stereocenters. The Balaban J connectivity index is 1.23. The van der Waals surface area contributed by atoms with Crippen molar-refractivity contribution in [2.24, 2.45) is 0 Å². The van der Waals surface area contributed by atoms with E-state index in [1.807, 2.05) is 11.3 Å². The normalized spacial score (nSPS) is 11.5. The zero-order chi connectivity index (χ0) is 26.5. The minimum Gasteiger partial charge on any atom is -0.292 e. The van der Waals surface area contributed by atoms with E-state index in [9.17, 15) is 0 Å². The van der Waals surface area contributed by atoms with Crippen LogP contribution in [0, 0.1) is 0 Å². The van der Waals surface area contributed by atoms with Crippen LogP contribution in [0.5, 0.6) is 0 Å². The van der Waals surface area contributed by atoms with Crippen LogP contribution in [0.2, 0.25) is 0 Å². The van der Waals surface area contributed by atoms with Crippen molar-refractivity contribution >= 4 is 42.5 Å². The van der Waals surface area contributed by atoms with Crippen molar-refractivity contribution in [3.8, 4) is 39.3 Å². The van der Waals surface area contributed by atoms with Gasteiger partial charge < -0.3 is 0 Å². The fourth-order valence-corrected chi connectivity index (χ4v) is 6.93. The molecule has 40 heavy (non-hydrogen) atoms. The number of thiophene rings is 1. The number of fused-ring (bicyclic) bond motifs is 4. The van der Waals surface area contributed by atoms with Crippen LogP contribution in [0.25, 0.3) is 70.5 Å². The molecule has 188 valence electrons. The van der Waals surface area contributed by atoms with Crippen molar-refractivity contribution in [2.75, 3.05) is 0 Å². The molecular formula is C37H24N2S. The number of hydrogen-bond donors (Lipinski definition) is 0. The molecule has 0 spiro atoms. The molecule has 8 rings (SSSR count). The van der Waals surface area contributed by atoms with Crippen LogP contribution in [0.1, 0.15) is 0 Å². The smallest absolute Gasteiger partial charge is 0.145 e. The average Bonchev–Trinajstić information content (AvgIpc) is 3.61. The largest absolute Gasteiger partial charge is 0.292 e. The van der Waals surface area contributed by atoms with E-state index >= 15 is 0 Å². The highest BCUT2D eigenvalue weighted by atomic mass is 32.1. The number of imidazole rings is 1. The molecular weight excluding hydrogens is 504 g/mol. The van der Waals surface area contributed by atoms with E-state index in [2.05, 4.69) is 150 Å². The number of hydrogen-bond acceptors (Lipinski definition) is 2. The lowest BCUT2D eigenvalue weighted by molar-refractivity contribution is 1.10. The number of nitrogens with zero attached hydrogens (tertiary/aromatic N) is 2. The Morgan fingerprint density at radius 2 is 1.12 bits per heavy atom. The lowest BCUT2D eigenvalue weighted by Crippen LogP contribution is -1.97. The summed E-state index contributed by atoms with van der Waals surface area (Å²) < 4.78 is 4.93. The van der Waals surface area contributed by atoms with Gasteiger partial charge in [0.1, 0.15) is 5.82 Å². The molecule has 8 aromatic rings. The van der Waals surface area contributed by atoms with Gasteiger partial charge in [-0.1, -0.05) is 115 Å². The average molecular weight is 529 g/mol. The van der Waals surface area contributed by atoms with Crippen LogP contribution in [-0.2, 0) is 0 Å². The summed E-state index contributed by atoms with van der Waals surface area (Å²) in [5.41, 5.74) is 9.20. The summed E-state index contributed by atoms with van der Waals surface area (Å²) in [6, 6.07) is 51.8. The van der Waals surface area contributed by atoms with Crippen molar-refractivity contribution < 1.29 is 0 Å². The van der Waals surface area contributed by atoms with Gasteiger partial charge in [0.15, 0.2) is 0 Å². The van der Waals surface area contributed by atoms with E-state index in [0.717, 1.165) is 28.1 Å². The Labute approximate surface area is 236 Å². The third kappa shape index (κ3) is 3.75. The minimum absolute atomic E-state index is 0.945. The first kappa shape index (κ1) is 22.9. The van der Waals surface area contributed by atoms with Gasteiger partial charge in [0.25, 0.3) is 0 Å². The zero-order valence-corrected chi connectivity index (χ0v) is 22.5. The van der Waals surface area contributed by atoms with Gasteiger partial charge in [-0.3, -0.25) is 4.57 Å². The second kappa shape index (κ2) is 9.33. The highest BCUT2D eigenvalue weighted by Gasteiger charge is 2.15. The van der Waals surface area contributed by atoms with E-state index in [1.165, 1.54) is 42.4 Å². The molecule has 0 radical (unpaired) electrons. The molecule has 0 bridgehead atoms. The van der Waals surface area contributed by atoms with Gasteiger partial charge in [0.2, 0.25) is 0 Å². The van der Waals surface area contributed by atoms with Gasteiger partial charge in [-0.2, -0.15) is 0 Å². The zero-order valence-electron chi connectivity index (χ0n) is 21.7. The van der Waals surface area contributed by atoms with Gasteiger partial charge in [-0.25, -0.2) is 4.98 Å². The van der Waals surface area contributed by atoms with Crippen molar-refractivity contribution in [3.63, 3.8) is 0 Å². The molecule has 0 saturated carbocycles. The van der Waals surface area contributed by atoms with Gasteiger partial charge in [0, 0.05) is 31.4 Å². The summed E-state index contributed by atoms with van der Waals surface area (Å²) in [7, 11) is 0. The van der Waals surface area contributed by atoms with Gasteiger partial charge in [0.05, 0.1) is 11.0 Å². The van der Waals surface area contributed by atoms with Gasteiger partial charge in [-0.15, -0.1) is 11.3 Å². The Bertz CT molecular complexity index is 2130. The van der Waals surface area contributed by atoms with Crippen LogP contribution in [-0.4, -0.2) is 9.55 Å². The molecule has 0 N–H and O–H groups in total. The third-order valence-electron chi connectivity index (χ3n) is 7.65. The predicted octanol–water partition coefficient (Wildman–Crippen LogP) is 10.4. The Hall–Kier alpha value is -4.99. The van der Waals surface area contributed by atoms with Crippen molar-refractivity contribution in [1.29, 1.82) is 0 Å². The second-order valence-corrected chi connectivity index (χ2v) is 11.1. The van der Waals surface area contributed by atoms with Crippen LogP contribution in [0.4, 0.5) is 0 Å². The first-order chi connectivity index (χ1) is 19.8. The summed E-state index contributed by atoms with van der Waals surface area (Å²) >= 11 is 1.87. The van der Waals surface area contributed by atoms with Crippen molar-refractivity contribution in [2.45, 2.75) is 0 Å². The third-order valence-corrected chi connectivity index (χ3v) is 8.87. The SMILES string of the molecule is c1ccc(-c2ccc(-n3c(-c4ccc(-c5cccc6c5sc5ccccc56)cc4)nc4ccccc43)cc2)cc1. The van der Waals surface area contributed by atoms with Gasteiger partial charge >= 0.3 is 0 Å². The minimum atomic E-state index is 0.945. The quantitative estimate of drug-likeness (QED) is 0.222. The molecule has 6 aromatic carbocycles. The Morgan fingerprint density at radius 1 is 0.475 bits per heavy atom. The van der Waals surface area contributed by atoms with Crippen molar-refractivity contribution in [3.05, 3.63) is 146 Å². The summed E-state index contributed by atoms with van der Waals surface area (Å²) in [5.74, 6) is 0.945. The molecule has 0 aliphatic rings. The molecule has 0 saturated heterocycles. The maximum atomic E-state index is 5.09.